The normalized spacial score (nSPS) is 19.9. The summed E-state index contributed by atoms with van der Waals surface area (Å²) in [6.07, 6.45) is 0. The molecule has 0 radical (unpaired) electrons. The van der Waals surface area contributed by atoms with E-state index in [1.54, 1.807) is 12.1 Å². The van der Waals surface area contributed by atoms with Gasteiger partial charge in [-0.3, -0.25) is 14.0 Å². The number of hydrogen-bond donors (Lipinski definition) is 0. The van der Waals surface area contributed by atoms with E-state index in [2.05, 4.69) is 4.90 Å². The highest BCUT2D eigenvalue weighted by atomic mass is 32.2. The molecular weight excluding hydrogens is 255 g/mol. The summed E-state index contributed by atoms with van der Waals surface area (Å²) in [4.78, 5) is 4.17. The predicted molar refractivity (Wildman–Crippen MR) is 67.0 cm³/mol. The number of nitrogens with zero attached hydrogens (tertiary/aromatic N) is 2. The molecule has 1 aliphatic rings. The molecule has 1 aliphatic heterocycles. The molecule has 6 heteroatoms. The molecule has 1 aromatic rings. The summed E-state index contributed by atoms with van der Waals surface area (Å²) in [5.74, 6) is -0.105. The number of hydrogen-bond acceptors (Lipinski definition) is 4. The van der Waals surface area contributed by atoms with Crippen molar-refractivity contribution in [1.82, 2.24) is 9.80 Å². The zero-order valence-corrected chi connectivity index (χ0v) is 10.9. The first-order valence-electron chi connectivity index (χ1n) is 5.88. The van der Waals surface area contributed by atoms with Crippen molar-refractivity contribution in [3.63, 3.8) is 0 Å². The Morgan fingerprint density at radius 3 is 2.22 bits per heavy atom. The molecule has 1 atom stereocenters. The largest absolute Gasteiger partial charge is 0.771 e. The van der Waals surface area contributed by atoms with Crippen LogP contribution in [0.3, 0.4) is 0 Å². The van der Waals surface area contributed by atoms with Gasteiger partial charge in [-0.25, -0.2) is 4.39 Å². The van der Waals surface area contributed by atoms with E-state index in [0.29, 0.717) is 0 Å². The first kappa shape index (κ1) is 13.6. The lowest BCUT2D eigenvalue weighted by Gasteiger charge is -2.34. The van der Waals surface area contributed by atoms with E-state index >= 15 is 0 Å². The van der Waals surface area contributed by atoms with Gasteiger partial charge in [0.05, 0.1) is 5.88 Å². The van der Waals surface area contributed by atoms with Crippen molar-refractivity contribution in [3.05, 3.63) is 35.6 Å². The van der Waals surface area contributed by atoms with Crippen LogP contribution in [0.2, 0.25) is 0 Å². The van der Waals surface area contributed by atoms with Crippen LogP contribution in [0.15, 0.2) is 24.3 Å². The maximum atomic E-state index is 12.8. The first-order chi connectivity index (χ1) is 8.63. The Hall–Kier alpha value is -0.820. The van der Waals surface area contributed by atoms with Gasteiger partial charge in [0.25, 0.3) is 0 Å². The van der Waals surface area contributed by atoms with Crippen LogP contribution < -0.4 is 0 Å². The fraction of sp³-hybridized carbons (Fsp3) is 0.500. The summed E-state index contributed by atoms with van der Waals surface area (Å²) in [7, 11) is 0. The fourth-order valence-electron chi connectivity index (χ4n) is 2.07. The van der Waals surface area contributed by atoms with Crippen LogP contribution in [-0.2, 0) is 17.6 Å². The quantitative estimate of drug-likeness (QED) is 0.759. The molecule has 1 fully saturated rings. The average molecular weight is 271 g/mol. The Morgan fingerprint density at radius 1 is 1.11 bits per heavy atom. The van der Waals surface area contributed by atoms with Gasteiger partial charge in [-0.2, -0.15) is 0 Å². The summed E-state index contributed by atoms with van der Waals surface area (Å²) in [5.41, 5.74) is 1.08. The van der Waals surface area contributed by atoms with Crippen molar-refractivity contribution in [2.24, 2.45) is 0 Å². The third kappa shape index (κ3) is 4.13. The minimum Gasteiger partial charge on any atom is -0.771 e. The van der Waals surface area contributed by atoms with Gasteiger partial charge < -0.3 is 4.55 Å². The average Bonchev–Trinajstić information content (AvgIpc) is 2.34. The summed E-state index contributed by atoms with van der Waals surface area (Å²) in [5, 5.41) is 0. The van der Waals surface area contributed by atoms with Crippen molar-refractivity contribution in [1.29, 1.82) is 0 Å². The smallest absolute Gasteiger partial charge is 0.123 e. The Balaban J connectivity index is 1.79. The SMILES string of the molecule is O=S([O-])CN1CCN(Cc2ccc(F)cc2)CC1. The van der Waals surface area contributed by atoms with Gasteiger partial charge in [-0.15, -0.1) is 0 Å². The van der Waals surface area contributed by atoms with E-state index in [1.807, 2.05) is 4.90 Å². The molecule has 0 bridgehead atoms. The topological polar surface area (TPSA) is 46.6 Å². The number of halogens is 1. The second-order valence-electron chi connectivity index (χ2n) is 4.45. The molecule has 0 spiro atoms. The standard InChI is InChI=1S/C12H17FN2O2S/c13-12-3-1-11(2-4-12)9-14-5-7-15(8-6-14)10-18(16)17/h1-4H,5-10H2,(H,16,17)/p-1. The van der Waals surface area contributed by atoms with Crippen molar-refractivity contribution in [2.75, 3.05) is 32.1 Å². The molecule has 1 saturated heterocycles. The van der Waals surface area contributed by atoms with E-state index in [9.17, 15) is 13.2 Å². The van der Waals surface area contributed by atoms with Gasteiger partial charge in [-0.05, 0) is 28.8 Å². The second kappa shape index (κ2) is 6.38. The van der Waals surface area contributed by atoms with Crippen LogP contribution in [-0.4, -0.2) is 50.6 Å². The van der Waals surface area contributed by atoms with Crippen molar-refractivity contribution >= 4 is 11.1 Å². The Bertz CT molecular complexity index is 405. The molecular formula is C12H16FN2O2S-. The van der Waals surface area contributed by atoms with Crippen molar-refractivity contribution < 1.29 is 13.2 Å². The third-order valence-electron chi connectivity index (χ3n) is 3.07. The highest BCUT2D eigenvalue weighted by Crippen LogP contribution is 2.09. The van der Waals surface area contributed by atoms with Crippen LogP contribution in [0.1, 0.15) is 5.56 Å². The van der Waals surface area contributed by atoms with Crippen molar-refractivity contribution in [3.8, 4) is 0 Å². The molecule has 0 N–H and O–H groups in total. The highest BCUT2D eigenvalue weighted by molar-refractivity contribution is 7.79. The summed E-state index contributed by atoms with van der Waals surface area (Å²) < 4.78 is 33.9. The zero-order chi connectivity index (χ0) is 13.0. The lowest BCUT2D eigenvalue weighted by Crippen LogP contribution is -2.46. The molecule has 1 heterocycles. The number of rotatable bonds is 4. The molecule has 1 aromatic carbocycles. The van der Waals surface area contributed by atoms with E-state index in [0.717, 1.165) is 38.3 Å². The maximum absolute atomic E-state index is 12.8. The Morgan fingerprint density at radius 2 is 1.67 bits per heavy atom. The summed E-state index contributed by atoms with van der Waals surface area (Å²) in [6.45, 7) is 3.99. The van der Waals surface area contributed by atoms with Gasteiger partial charge >= 0.3 is 0 Å². The van der Waals surface area contributed by atoms with Crippen LogP contribution >= 0.6 is 0 Å². The highest BCUT2D eigenvalue weighted by Gasteiger charge is 2.16. The molecule has 0 amide bonds. The van der Waals surface area contributed by atoms with Gasteiger partial charge in [-0.1, -0.05) is 12.1 Å². The minimum atomic E-state index is -2.00. The Labute approximate surface area is 109 Å². The van der Waals surface area contributed by atoms with Gasteiger partial charge in [0.1, 0.15) is 5.82 Å². The molecule has 18 heavy (non-hydrogen) atoms. The molecule has 1 unspecified atom stereocenters. The molecule has 100 valence electrons. The monoisotopic (exact) mass is 271 g/mol. The Kier molecular flexibility index (Phi) is 4.82. The fourth-order valence-corrected chi connectivity index (χ4v) is 2.63. The van der Waals surface area contributed by atoms with Gasteiger partial charge in [0.2, 0.25) is 0 Å². The van der Waals surface area contributed by atoms with E-state index in [4.69, 9.17) is 0 Å². The zero-order valence-electron chi connectivity index (χ0n) is 10.0. The van der Waals surface area contributed by atoms with Crippen LogP contribution in [0, 0.1) is 5.82 Å². The van der Waals surface area contributed by atoms with E-state index < -0.39 is 11.1 Å². The molecule has 0 aliphatic carbocycles. The lowest BCUT2D eigenvalue weighted by atomic mass is 10.2. The molecule has 4 nitrogen and oxygen atoms in total. The van der Waals surface area contributed by atoms with Crippen LogP contribution in [0.5, 0.6) is 0 Å². The van der Waals surface area contributed by atoms with Crippen LogP contribution in [0.4, 0.5) is 4.39 Å². The van der Waals surface area contributed by atoms with E-state index in [-0.39, 0.29) is 11.7 Å². The van der Waals surface area contributed by atoms with Gasteiger partial charge in [0, 0.05) is 32.7 Å². The first-order valence-corrected chi connectivity index (χ1v) is 7.13. The molecule has 0 aromatic heterocycles. The summed E-state index contributed by atoms with van der Waals surface area (Å²) in [6, 6.07) is 6.50. The van der Waals surface area contributed by atoms with Crippen LogP contribution in [0.25, 0.3) is 0 Å². The third-order valence-corrected chi connectivity index (χ3v) is 3.65. The second-order valence-corrected chi connectivity index (χ2v) is 5.32. The lowest BCUT2D eigenvalue weighted by molar-refractivity contribution is 0.141. The number of benzene rings is 1. The summed E-state index contributed by atoms with van der Waals surface area (Å²) >= 11 is -2.00. The molecule has 0 saturated carbocycles. The maximum Gasteiger partial charge on any atom is 0.123 e. The molecule has 2 rings (SSSR count). The minimum absolute atomic E-state index is 0.115. The number of piperazine rings is 1. The van der Waals surface area contributed by atoms with E-state index in [1.165, 1.54) is 12.1 Å². The van der Waals surface area contributed by atoms with Crippen molar-refractivity contribution in [2.45, 2.75) is 6.54 Å². The van der Waals surface area contributed by atoms with Gasteiger partial charge in [0.15, 0.2) is 0 Å². The predicted octanol–water partition coefficient (Wildman–Crippen LogP) is 0.780.